The van der Waals surface area contributed by atoms with Gasteiger partial charge < -0.3 is 0 Å². The second-order valence-electron chi connectivity index (χ2n) is 3.40. The van der Waals surface area contributed by atoms with Crippen LogP contribution in [0.1, 0.15) is 26.2 Å². The van der Waals surface area contributed by atoms with E-state index in [9.17, 15) is 8.42 Å². The molecule has 1 aromatic heterocycles. The molecule has 1 rings (SSSR count). The predicted molar refractivity (Wildman–Crippen MR) is 76.8 cm³/mol. The van der Waals surface area contributed by atoms with Gasteiger partial charge in [0.05, 0.1) is 4.47 Å². The monoisotopic (exact) mass is 379 g/mol. The lowest BCUT2D eigenvalue weighted by Crippen LogP contribution is -2.24. The minimum absolute atomic E-state index is 0.0330. The number of rotatable bonds is 6. The van der Waals surface area contributed by atoms with E-state index in [0.717, 1.165) is 30.6 Å². The first kappa shape index (κ1) is 15.7. The summed E-state index contributed by atoms with van der Waals surface area (Å²) >= 11 is 15.8. The number of hydrogen-bond donors (Lipinski definition) is 1. The average molecular weight is 381 g/mol. The van der Waals surface area contributed by atoms with Gasteiger partial charge in [-0.3, -0.25) is 0 Å². The highest BCUT2D eigenvalue weighted by Crippen LogP contribution is 2.42. The summed E-state index contributed by atoms with van der Waals surface area (Å²) in [7, 11) is -3.58. The number of sulfonamides is 1. The van der Waals surface area contributed by atoms with Crippen molar-refractivity contribution in [2.45, 2.75) is 31.1 Å². The van der Waals surface area contributed by atoms with Crippen LogP contribution in [0.5, 0.6) is 0 Å². The minimum Gasteiger partial charge on any atom is -0.211 e. The lowest BCUT2D eigenvalue weighted by molar-refractivity contribution is 0.576. The lowest BCUT2D eigenvalue weighted by Gasteiger charge is -2.05. The summed E-state index contributed by atoms with van der Waals surface area (Å²) in [6.45, 7) is 2.47. The van der Waals surface area contributed by atoms with Crippen LogP contribution in [0.15, 0.2) is 9.37 Å². The van der Waals surface area contributed by atoms with E-state index in [1.165, 1.54) is 0 Å². The van der Waals surface area contributed by atoms with E-state index in [4.69, 9.17) is 23.2 Å². The number of hydrogen-bond acceptors (Lipinski definition) is 3. The Balaban J connectivity index is 2.83. The lowest BCUT2D eigenvalue weighted by atomic mass is 10.3. The van der Waals surface area contributed by atoms with Gasteiger partial charge in [0.15, 0.2) is 0 Å². The third-order valence-electron chi connectivity index (χ3n) is 2.07. The maximum Gasteiger partial charge on any atom is 0.244 e. The van der Waals surface area contributed by atoms with Gasteiger partial charge in [-0.25, -0.2) is 13.1 Å². The van der Waals surface area contributed by atoms with Crippen molar-refractivity contribution in [1.29, 1.82) is 0 Å². The molecule has 0 unspecified atom stereocenters. The predicted octanol–water partition coefficient (Wildman–Crippen LogP) is 4.29. The SMILES string of the molecule is CCCCCNS(=O)(=O)c1c(Cl)sc(Cl)c1Br. The van der Waals surface area contributed by atoms with Gasteiger partial charge in [-0.1, -0.05) is 43.0 Å². The zero-order chi connectivity index (χ0) is 13.1. The summed E-state index contributed by atoms with van der Waals surface area (Å²) in [5.41, 5.74) is 0. The molecule has 0 saturated carbocycles. The molecule has 98 valence electrons. The molecule has 0 aliphatic heterocycles. The van der Waals surface area contributed by atoms with Crippen LogP contribution < -0.4 is 4.72 Å². The maximum atomic E-state index is 12.0. The van der Waals surface area contributed by atoms with E-state index in [-0.39, 0.29) is 9.23 Å². The first-order valence-electron chi connectivity index (χ1n) is 5.03. The van der Waals surface area contributed by atoms with Crippen LogP contribution in [-0.2, 0) is 10.0 Å². The van der Waals surface area contributed by atoms with Crippen molar-refractivity contribution >= 4 is 60.5 Å². The van der Waals surface area contributed by atoms with Crippen LogP contribution in [0.4, 0.5) is 0 Å². The average Bonchev–Trinajstić information content (AvgIpc) is 2.48. The Morgan fingerprint density at radius 3 is 2.41 bits per heavy atom. The highest BCUT2D eigenvalue weighted by Gasteiger charge is 2.25. The topological polar surface area (TPSA) is 46.2 Å². The van der Waals surface area contributed by atoms with Gasteiger partial charge >= 0.3 is 0 Å². The molecule has 0 aromatic carbocycles. The highest BCUT2D eigenvalue weighted by atomic mass is 79.9. The van der Waals surface area contributed by atoms with Crippen molar-refractivity contribution in [3.05, 3.63) is 13.1 Å². The summed E-state index contributed by atoms with van der Waals surface area (Å²) in [6, 6.07) is 0. The zero-order valence-corrected chi connectivity index (χ0v) is 13.8. The van der Waals surface area contributed by atoms with Crippen molar-refractivity contribution in [3.63, 3.8) is 0 Å². The molecule has 17 heavy (non-hydrogen) atoms. The Morgan fingerprint density at radius 2 is 1.94 bits per heavy atom. The molecule has 1 aromatic rings. The van der Waals surface area contributed by atoms with Gasteiger partial charge in [-0.15, -0.1) is 11.3 Å². The normalized spacial score (nSPS) is 12.0. The highest BCUT2D eigenvalue weighted by molar-refractivity contribution is 9.10. The molecule has 0 aliphatic carbocycles. The molecule has 3 nitrogen and oxygen atoms in total. The van der Waals surface area contributed by atoms with Gasteiger partial charge in [0.2, 0.25) is 10.0 Å². The molecule has 0 saturated heterocycles. The Hall–Kier alpha value is 0.670. The van der Waals surface area contributed by atoms with Gasteiger partial charge in [-0.2, -0.15) is 0 Å². The minimum atomic E-state index is -3.58. The van der Waals surface area contributed by atoms with E-state index in [2.05, 4.69) is 27.6 Å². The fraction of sp³-hybridized carbons (Fsp3) is 0.556. The standard InChI is InChI=1S/C9H12BrCl2NO2S2/c1-2-3-4-5-13-17(14,15)7-6(10)8(11)16-9(7)12/h13H,2-5H2,1H3. The third-order valence-corrected chi connectivity index (χ3v) is 7.00. The number of unbranched alkanes of at least 4 members (excludes halogenated alkanes) is 2. The van der Waals surface area contributed by atoms with E-state index in [1.807, 2.05) is 0 Å². The van der Waals surface area contributed by atoms with Crippen LogP contribution in [0, 0.1) is 0 Å². The fourth-order valence-electron chi connectivity index (χ4n) is 1.22. The summed E-state index contributed by atoms with van der Waals surface area (Å²) < 4.78 is 27.3. The fourth-order valence-corrected chi connectivity index (χ4v) is 5.85. The summed E-state index contributed by atoms with van der Waals surface area (Å²) in [5.74, 6) is 0. The van der Waals surface area contributed by atoms with Gasteiger partial charge in [0.25, 0.3) is 0 Å². The van der Waals surface area contributed by atoms with Gasteiger partial charge in [-0.05, 0) is 22.4 Å². The summed E-state index contributed by atoms with van der Waals surface area (Å²) in [5, 5.41) is 0. The molecule has 0 bridgehead atoms. The molecule has 0 aliphatic rings. The Kier molecular flexibility index (Phi) is 6.22. The molecule has 0 spiro atoms. The van der Waals surface area contributed by atoms with Crippen molar-refractivity contribution < 1.29 is 8.42 Å². The van der Waals surface area contributed by atoms with Crippen molar-refractivity contribution in [1.82, 2.24) is 4.72 Å². The Labute approximate surface area is 124 Å². The van der Waals surface area contributed by atoms with Crippen molar-refractivity contribution in [2.24, 2.45) is 0 Å². The Bertz CT molecular complexity index is 487. The van der Waals surface area contributed by atoms with Crippen LogP contribution in [0.2, 0.25) is 8.67 Å². The van der Waals surface area contributed by atoms with Crippen LogP contribution in [-0.4, -0.2) is 15.0 Å². The second-order valence-corrected chi connectivity index (χ2v) is 8.12. The maximum absolute atomic E-state index is 12.0. The molecule has 1 N–H and O–H groups in total. The molecular weight excluding hydrogens is 369 g/mol. The van der Waals surface area contributed by atoms with Crippen LogP contribution in [0.25, 0.3) is 0 Å². The molecule has 0 fully saturated rings. The summed E-state index contributed by atoms with van der Waals surface area (Å²) in [6.07, 6.45) is 2.83. The zero-order valence-electron chi connectivity index (χ0n) is 9.10. The van der Waals surface area contributed by atoms with E-state index >= 15 is 0 Å². The second kappa shape index (κ2) is 6.73. The quantitative estimate of drug-likeness (QED) is 0.748. The molecule has 0 amide bonds. The number of nitrogens with one attached hydrogen (secondary N) is 1. The van der Waals surface area contributed by atoms with E-state index < -0.39 is 10.0 Å². The van der Waals surface area contributed by atoms with Crippen LogP contribution in [0.3, 0.4) is 0 Å². The first-order valence-corrected chi connectivity index (χ1v) is 8.88. The first-order chi connectivity index (χ1) is 7.90. The smallest absolute Gasteiger partial charge is 0.211 e. The van der Waals surface area contributed by atoms with Gasteiger partial charge in [0, 0.05) is 6.54 Å². The van der Waals surface area contributed by atoms with Crippen molar-refractivity contribution in [3.8, 4) is 0 Å². The van der Waals surface area contributed by atoms with Crippen LogP contribution >= 0.6 is 50.5 Å². The van der Waals surface area contributed by atoms with Gasteiger partial charge in [0.1, 0.15) is 13.6 Å². The molecule has 0 radical (unpaired) electrons. The molecule has 0 atom stereocenters. The van der Waals surface area contributed by atoms with E-state index in [1.54, 1.807) is 0 Å². The largest absolute Gasteiger partial charge is 0.244 e. The third kappa shape index (κ3) is 4.08. The van der Waals surface area contributed by atoms with Crippen molar-refractivity contribution in [2.75, 3.05) is 6.54 Å². The molecule has 1 heterocycles. The number of thiophene rings is 1. The molecular formula is C9H12BrCl2NO2S2. The van der Waals surface area contributed by atoms with E-state index in [0.29, 0.717) is 15.4 Å². The number of halogens is 3. The molecule has 8 heteroatoms. The Morgan fingerprint density at radius 1 is 1.29 bits per heavy atom. The summed E-state index contributed by atoms with van der Waals surface area (Å²) in [4.78, 5) is 0.0330.